The van der Waals surface area contributed by atoms with E-state index in [2.05, 4.69) is 36.8 Å². The summed E-state index contributed by atoms with van der Waals surface area (Å²) >= 11 is 6.35. The van der Waals surface area contributed by atoms with Gasteiger partial charge < -0.3 is 4.74 Å². The Morgan fingerprint density at radius 1 is 1.10 bits per heavy atom. The zero-order valence-electron chi connectivity index (χ0n) is 9.51. The summed E-state index contributed by atoms with van der Waals surface area (Å²) in [5.74, 6) is -1.44. The van der Waals surface area contributed by atoms with Gasteiger partial charge in [-0.05, 0) is 56.1 Å². The van der Waals surface area contributed by atoms with Crippen LogP contribution in [0.3, 0.4) is 0 Å². The Morgan fingerprint density at radius 2 is 1.80 bits per heavy atom. The minimum Gasteiger partial charge on any atom is -0.438 e. The molecule has 0 radical (unpaired) electrons. The topological polar surface area (TPSA) is 22.1 Å². The highest BCUT2D eigenvalue weighted by Gasteiger charge is 2.34. The zero-order chi connectivity index (χ0) is 14.9. The van der Waals surface area contributed by atoms with Gasteiger partial charge in [-0.1, -0.05) is 0 Å². The first-order chi connectivity index (χ1) is 9.27. The lowest BCUT2D eigenvalue weighted by Gasteiger charge is -2.11. The number of hydrogen-bond acceptors (Lipinski definition) is 2. The van der Waals surface area contributed by atoms with Gasteiger partial charge in [-0.2, -0.15) is 13.2 Å². The predicted octanol–water partition coefficient (Wildman–Crippen LogP) is 5.56. The van der Waals surface area contributed by atoms with Gasteiger partial charge in [0.15, 0.2) is 0 Å². The molecule has 0 amide bonds. The van der Waals surface area contributed by atoms with Crippen LogP contribution >= 0.6 is 31.9 Å². The molecule has 0 fully saturated rings. The molecule has 8 heteroatoms. The van der Waals surface area contributed by atoms with Crippen molar-refractivity contribution in [1.29, 1.82) is 0 Å². The number of ether oxygens (including phenoxy) is 1. The molecule has 2 aromatic rings. The Balaban J connectivity index is 2.35. The van der Waals surface area contributed by atoms with E-state index in [0.717, 1.165) is 6.07 Å². The highest BCUT2D eigenvalue weighted by atomic mass is 79.9. The SMILES string of the molecule is Fc1ccc(Oc2ncc(Br)cc2Br)cc1C(F)(F)F. The van der Waals surface area contributed by atoms with Crippen molar-refractivity contribution in [2.75, 3.05) is 0 Å². The highest BCUT2D eigenvalue weighted by molar-refractivity contribution is 9.11. The Hall–Kier alpha value is -1.15. The van der Waals surface area contributed by atoms with Crippen LogP contribution in [0.2, 0.25) is 0 Å². The van der Waals surface area contributed by atoms with Gasteiger partial charge in [0.1, 0.15) is 11.6 Å². The molecule has 1 aromatic heterocycles. The molecule has 0 aliphatic carbocycles. The van der Waals surface area contributed by atoms with Crippen molar-refractivity contribution in [2.24, 2.45) is 0 Å². The summed E-state index contributed by atoms with van der Waals surface area (Å²) in [5, 5.41) is 0. The van der Waals surface area contributed by atoms with Crippen molar-refractivity contribution in [3.8, 4) is 11.6 Å². The lowest BCUT2D eigenvalue weighted by atomic mass is 10.2. The quantitative estimate of drug-likeness (QED) is 0.600. The van der Waals surface area contributed by atoms with E-state index in [1.165, 1.54) is 6.20 Å². The van der Waals surface area contributed by atoms with E-state index in [0.29, 0.717) is 21.1 Å². The molecular formula is C12H5Br2F4NO. The van der Waals surface area contributed by atoms with Crippen LogP contribution in [0.25, 0.3) is 0 Å². The maximum Gasteiger partial charge on any atom is 0.419 e. The number of rotatable bonds is 2. The maximum atomic E-state index is 13.1. The van der Waals surface area contributed by atoms with Crippen molar-refractivity contribution in [1.82, 2.24) is 4.98 Å². The van der Waals surface area contributed by atoms with E-state index in [9.17, 15) is 17.6 Å². The number of halogens is 6. The van der Waals surface area contributed by atoms with Crippen LogP contribution < -0.4 is 4.74 Å². The van der Waals surface area contributed by atoms with Gasteiger partial charge >= 0.3 is 6.18 Å². The average molecular weight is 415 g/mol. The van der Waals surface area contributed by atoms with Gasteiger partial charge in [-0.25, -0.2) is 9.37 Å². The fourth-order valence-electron chi connectivity index (χ4n) is 1.37. The van der Waals surface area contributed by atoms with Gasteiger partial charge in [0.25, 0.3) is 0 Å². The van der Waals surface area contributed by atoms with E-state index in [1.807, 2.05) is 0 Å². The maximum absolute atomic E-state index is 13.1. The smallest absolute Gasteiger partial charge is 0.419 e. The van der Waals surface area contributed by atoms with Crippen molar-refractivity contribution >= 4 is 31.9 Å². The number of nitrogens with zero attached hydrogens (tertiary/aromatic N) is 1. The summed E-state index contributed by atoms with van der Waals surface area (Å²) in [4.78, 5) is 3.90. The Bertz CT molecular complexity index is 646. The molecule has 0 aliphatic rings. The minimum absolute atomic E-state index is 0.0768. The van der Waals surface area contributed by atoms with Crippen molar-refractivity contribution in [2.45, 2.75) is 6.18 Å². The van der Waals surface area contributed by atoms with Crippen molar-refractivity contribution in [3.63, 3.8) is 0 Å². The van der Waals surface area contributed by atoms with E-state index >= 15 is 0 Å². The normalized spacial score (nSPS) is 11.5. The third-order valence-corrected chi connectivity index (χ3v) is 3.23. The molecule has 2 rings (SSSR count). The Kier molecular flexibility index (Phi) is 4.33. The van der Waals surface area contributed by atoms with E-state index < -0.39 is 17.6 Å². The summed E-state index contributed by atoms with van der Waals surface area (Å²) in [6.07, 6.45) is -3.36. The molecule has 1 heterocycles. The largest absolute Gasteiger partial charge is 0.438 e. The molecule has 0 unspecified atom stereocenters. The molecule has 0 aliphatic heterocycles. The summed E-state index contributed by atoms with van der Waals surface area (Å²) < 4.78 is 57.2. The molecule has 0 bridgehead atoms. The third-order valence-electron chi connectivity index (χ3n) is 2.23. The molecule has 0 N–H and O–H groups in total. The number of aromatic nitrogens is 1. The van der Waals surface area contributed by atoms with Crippen LogP contribution in [0, 0.1) is 5.82 Å². The summed E-state index contributed by atoms with van der Waals surface area (Å²) in [6, 6.07) is 4.01. The number of alkyl halides is 3. The fraction of sp³-hybridized carbons (Fsp3) is 0.0833. The minimum atomic E-state index is -4.78. The second kappa shape index (κ2) is 5.69. The second-order valence-electron chi connectivity index (χ2n) is 3.68. The summed E-state index contributed by atoms with van der Waals surface area (Å²) in [7, 11) is 0. The Labute approximate surface area is 128 Å². The van der Waals surface area contributed by atoms with Gasteiger partial charge in [0.05, 0.1) is 10.0 Å². The fourth-order valence-corrected chi connectivity index (χ4v) is 2.44. The van der Waals surface area contributed by atoms with Crippen molar-refractivity contribution in [3.05, 3.63) is 50.8 Å². The van der Waals surface area contributed by atoms with Gasteiger partial charge in [-0.3, -0.25) is 0 Å². The summed E-state index contributed by atoms with van der Waals surface area (Å²) in [5.41, 5.74) is -1.39. The molecule has 0 saturated carbocycles. The lowest BCUT2D eigenvalue weighted by molar-refractivity contribution is -0.140. The molecular weight excluding hydrogens is 410 g/mol. The van der Waals surface area contributed by atoms with E-state index in [1.54, 1.807) is 6.07 Å². The predicted molar refractivity (Wildman–Crippen MR) is 71.1 cm³/mol. The van der Waals surface area contributed by atoms with Crippen LogP contribution in [0.5, 0.6) is 11.6 Å². The van der Waals surface area contributed by atoms with Gasteiger partial charge in [0.2, 0.25) is 5.88 Å². The molecule has 1 aromatic carbocycles. The first-order valence-corrected chi connectivity index (χ1v) is 6.71. The van der Waals surface area contributed by atoms with Crippen LogP contribution in [-0.4, -0.2) is 4.98 Å². The molecule has 0 saturated heterocycles. The number of hydrogen-bond donors (Lipinski definition) is 0. The van der Waals surface area contributed by atoms with Crippen LogP contribution in [-0.2, 0) is 6.18 Å². The first-order valence-electron chi connectivity index (χ1n) is 5.13. The van der Waals surface area contributed by atoms with Crippen LogP contribution in [0.1, 0.15) is 5.56 Å². The number of pyridine rings is 1. The van der Waals surface area contributed by atoms with Gasteiger partial charge in [0, 0.05) is 10.7 Å². The lowest BCUT2D eigenvalue weighted by Crippen LogP contribution is -2.08. The average Bonchev–Trinajstić information content (AvgIpc) is 2.33. The summed E-state index contributed by atoms with van der Waals surface area (Å²) in [6.45, 7) is 0. The Morgan fingerprint density at radius 3 is 2.40 bits per heavy atom. The van der Waals surface area contributed by atoms with Crippen LogP contribution in [0.4, 0.5) is 17.6 Å². The molecule has 0 spiro atoms. The monoisotopic (exact) mass is 413 g/mol. The third kappa shape index (κ3) is 3.49. The highest BCUT2D eigenvalue weighted by Crippen LogP contribution is 2.35. The van der Waals surface area contributed by atoms with E-state index in [4.69, 9.17) is 4.74 Å². The van der Waals surface area contributed by atoms with E-state index in [-0.39, 0.29) is 11.6 Å². The first kappa shape index (κ1) is 15.2. The molecule has 0 atom stereocenters. The van der Waals surface area contributed by atoms with Gasteiger partial charge in [-0.15, -0.1) is 0 Å². The molecule has 2 nitrogen and oxygen atoms in total. The molecule has 106 valence electrons. The molecule has 20 heavy (non-hydrogen) atoms. The van der Waals surface area contributed by atoms with Crippen molar-refractivity contribution < 1.29 is 22.3 Å². The standard InChI is InChI=1S/C12H5Br2F4NO/c13-6-3-9(14)11(19-5-6)20-7-1-2-10(15)8(4-7)12(16,17)18/h1-5H. The number of benzene rings is 1. The second-order valence-corrected chi connectivity index (χ2v) is 5.45. The van der Waals surface area contributed by atoms with Crippen LogP contribution in [0.15, 0.2) is 39.4 Å². The zero-order valence-corrected chi connectivity index (χ0v) is 12.7.